The van der Waals surface area contributed by atoms with Crippen molar-refractivity contribution in [2.75, 3.05) is 5.88 Å². The lowest BCUT2D eigenvalue weighted by molar-refractivity contribution is -0.118. The molecule has 2 rings (SSSR count). The van der Waals surface area contributed by atoms with E-state index in [2.05, 4.69) is 26.1 Å². The molecule has 2 aromatic carbocycles. The molecular weight excluding hydrogens is 366 g/mol. The fourth-order valence-electron chi connectivity index (χ4n) is 2.54. The Balaban J connectivity index is 2.51. The maximum absolute atomic E-state index is 11.5. The van der Waals surface area contributed by atoms with Gasteiger partial charge in [0.15, 0.2) is 0 Å². The summed E-state index contributed by atoms with van der Waals surface area (Å²) in [5.41, 5.74) is 4.16. The average molecular weight is 390 g/mol. The van der Waals surface area contributed by atoms with Crippen molar-refractivity contribution >= 4 is 34.6 Å². The second-order valence-electron chi connectivity index (χ2n) is 7.39. The van der Waals surface area contributed by atoms with E-state index in [1.165, 1.54) is 0 Å². The van der Waals surface area contributed by atoms with Gasteiger partial charge < -0.3 is 10.4 Å². The smallest absolute Gasteiger partial charge is 0.235 e. The third-order valence-corrected chi connectivity index (χ3v) is 4.91. The predicted molar refractivity (Wildman–Crippen MR) is 111 cm³/mol. The minimum atomic E-state index is -0.283. The van der Waals surface area contributed by atoms with Crippen LogP contribution in [0.1, 0.15) is 48.6 Å². The van der Waals surface area contributed by atoms with Crippen LogP contribution in [0.4, 0.5) is 0 Å². The van der Waals surface area contributed by atoms with Gasteiger partial charge in [0, 0.05) is 17.7 Å². The number of rotatable bonds is 5. The van der Waals surface area contributed by atoms with E-state index < -0.39 is 0 Å². The standard InChI is InChI=1S/C21H24ClNO2S/c1-13-5-7-14(8-6-13)20(26)17-10-16(21(2,3)4)9-15(19(17)25)12-23-18(24)11-22/h5-10,25H,11-12H2,1-4H3,(H,23,24). The fourth-order valence-corrected chi connectivity index (χ4v) is 2.92. The number of carbonyl (C=O) groups excluding carboxylic acids is 1. The molecule has 0 radical (unpaired) electrons. The number of nitrogens with one attached hydrogen (secondary N) is 1. The number of hydrogen-bond donors (Lipinski definition) is 2. The van der Waals surface area contributed by atoms with Crippen LogP contribution in [-0.2, 0) is 16.8 Å². The number of thiocarbonyl (C=S) groups is 1. The Morgan fingerprint density at radius 2 is 1.81 bits per heavy atom. The molecule has 3 nitrogen and oxygen atoms in total. The maximum atomic E-state index is 11.5. The molecule has 26 heavy (non-hydrogen) atoms. The van der Waals surface area contributed by atoms with Gasteiger partial charge in [-0.25, -0.2) is 0 Å². The lowest BCUT2D eigenvalue weighted by Crippen LogP contribution is -2.24. The molecule has 0 spiro atoms. The van der Waals surface area contributed by atoms with E-state index in [1.807, 2.05) is 43.3 Å². The molecule has 0 heterocycles. The van der Waals surface area contributed by atoms with Crippen LogP contribution in [0, 0.1) is 6.92 Å². The molecule has 0 bridgehead atoms. The summed E-state index contributed by atoms with van der Waals surface area (Å²) in [5.74, 6) is -0.303. The Morgan fingerprint density at radius 3 is 2.35 bits per heavy atom. The summed E-state index contributed by atoms with van der Waals surface area (Å²) in [6.07, 6.45) is 0. The Kier molecular flexibility index (Phi) is 6.43. The molecule has 0 aliphatic rings. The maximum Gasteiger partial charge on any atom is 0.235 e. The second-order valence-corrected chi connectivity index (χ2v) is 8.06. The summed E-state index contributed by atoms with van der Waals surface area (Å²) in [4.78, 5) is 12.1. The molecule has 0 saturated heterocycles. The predicted octanol–water partition coefficient (Wildman–Crippen LogP) is 4.62. The van der Waals surface area contributed by atoms with Crippen LogP contribution in [0.15, 0.2) is 36.4 Å². The minimum Gasteiger partial charge on any atom is -0.507 e. The molecule has 0 unspecified atom stereocenters. The van der Waals surface area contributed by atoms with Crippen molar-refractivity contribution in [2.24, 2.45) is 0 Å². The van der Waals surface area contributed by atoms with Gasteiger partial charge in [-0.15, -0.1) is 11.6 Å². The van der Waals surface area contributed by atoms with Gasteiger partial charge in [0.2, 0.25) is 5.91 Å². The topological polar surface area (TPSA) is 49.3 Å². The van der Waals surface area contributed by atoms with Crippen LogP contribution < -0.4 is 5.32 Å². The van der Waals surface area contributed by atoms with Crippen molar-refractivity contribution < 1.29 is 9.90 Å². The lowest BCUT2D eigenvalue weighted by atomic mass is 9.83. The molecule has 0 aliphatic carbocycles. The van der Waals surface area contributed by atoms with E-state index in [-0.39, 0.29) is 29.5 Å². The van der Waals surface area contributed by atoms with E-state index in [0.29, 0.717) is 16.0 Å². The van der Waals surface area contributed by atoms with Crippen LogP contribution in [0.5, 0.6) is 5.75 Å². The first kappa shape index (κ1) is 20.4. The fraction of sp³-hybridized carbons (Fsp3) is 0.333. The van der Waals surface area contributed by atoms with Gasteiger partial charge in [-0.05, 0) is 35.6 Å². The van der Waals surface area contributed by atoms with E-state index in [9.17, 15) is 9.90 Å². The number of alkyl halides is 1. The molecule has 0 aromatic heterocycles. The number of phenolic OH excluding ortho intramolecular Hbond substituents is 1. The summed E-state index contributed by atoms with van der Waals surface area (Å²) >= 11 is 11.2. The van der Waals surface area contributed by atoms with Gasteiger partial charge in [0.05, 0.1) is 4.86 Å². The highest BCUT2D eigenvalue weighted by molar-refractivity contribution is 7.81. The van der Waals surface area contributed by atoms with Gasteiger partial charge in [-0.2, -0.15) is 0 Å². The third kappa shape index (κ3) is 4.83. The number of halogens is 1. The van der Waals surface area contributed by atoms with Gasteiger partial charge in [-0.3, -0.25) is 4.79 Å². The SMILES string of the molecule is Cc1ccc(C(=S)c2cc(C(C)(C)C)cc(CNC(=O)CCl)c2O)cc1. The normalized spacial score (nSPS) is 11.3. The van der Waals surface area contributed by atoms with E-state index in [0.717, 1.165) is 16.7 Å². The number of amides is 1. The second kappa shape index (κ2) is 8.19. The van der Waals surface area contributed by atoms with Crippen LogP contribution in [-0.4, -0.2) is 21.8 Å². The number of aryl methyl sites for hydroxylation is 1. The van der Waals surface area contributed by atoms with Crippen molar-refractivity contribution in [2.45, 2.75) is 39.7 Å². The number of aromatic hydroxyl groups is 1. The Morgan fingerprint density at radius 1 is 1.19 bits per heavy atom. The van der Waals surface area contributed by atoms with Crippen LogP contribution >= 0.6 is 23.8 Å². The largest absolute Gasteiger partial charge is 0.507 e. The van der Waals surface area contributed by atoms with Gasteiger partial charge >= 0.3 is 0 Å². The highest BCUT2D eigenvalue weighted by Crippen LogP contribution is 2.33. The molecule has 138 valence electrons. The highest BCUT2D eigenvalue weighted by atomic mass is 35.5. The molecule has 2 N–H and O–H groups in total. The number of benzene rings is 2. The summed E-state index contributed by atoms with van der Waals surface area (Å²) in [6.45, 7) is 8.50. The van der Waals surface area contributed by atoms with E-state index in [1.54, 1.807) is 0 Å². The molecular formula is C21H24ClNO2S. The van der Waals surface area contributed by atoms with Gasteiger partial charge in [0.25, 0.3) is 0 Å². The molecule has 2 aromatic rings. The lowest BCUT2D eigenvalue weighted by Gasteiger charge is -2.23. The number of hydrogen-bond acceptors (Lipinski definition) is 3. The van der Waals surface area contributed by atoms with Gasteiger partial charge in [0.1, 0.15) is 11.6 Å². The minimum absolute atomic E-state index is 0.0958. The van der Waals surface area contributed by atoms with Crippen molar-refractivity contribution in [3.8, 4) is 5.75 Å². The van der Waals surface area contributed by atoms with E-state index >= 15 is 0 Å². The average Bonchev–Trinajstić information content (AvgIpc) is 2.59. The van der Waals surface area contributed by atoms with Crippen molar-refractivity contribution in [1.29, 1.82) is 0 Å². The quantitative estimate of drug-likeness (QED) is 0.445. The Hall–Kier alpha value is -1.91. The van der Waals surface area contributed by atoms with Crippen LogP contribution in [0.2, 0.25) is 0 Å². The first-order chi connectivity index (χ1) is 12.1. The van der Waals surface area contributed by atoms with Crippen LogP contribution in [0.3, 0.4) is 0 Å². The molecule has 1 amide bonds. The first-order valence-corrected chi connectivity index (χ1v) is 9.38. The Bertz CT molecular complexity index is 823. The summed E-state index contributed by atoms with van der Waals surface area (Å²) in [7, 11) is 0. The monoisotopic (exact) mass is 389 g/mol. The molecule has 0 fully saturated rings. The van der Waals surface area contributed by atoms with Crippen molar-refractivity contribution in [1.82, 2.24) is 5.32 Å². The molecule has 0 saturated carbocycles. The molecule has 5 heteroatoms. The third-order valence-electron chi connectivity index (χ3n) is 4.21. The number of phenols is 1. The van der Waals surface area contributed by atoms with E-state index in [4.69, 9.17) is 23.8 Å². The highest BCUT2D eigenvalue weighted by Gasteiger charge is 2.21. The summed E-state index contributed by atoms with van der Waals surface area (Å²) in [6, 6.07) is 11.7. The zero-order valence-electron chi connectivity index (χ0n) is 15.5. The summed E-state index contributed by atoms with van der Waals surface area (Å²) < 4.78 is 0. The summed E-state index contributed by atoms with van der Waals surface area (Å²) in [5, 5.41) is 13.5. The Labute approximate surface area is 165 Å². The first-order valence-electron chi connectivity index (χ1n) is 8.44. The van der Waals surface area contributed by atoms with Crippen LogP contribution in [0.25, 0.3) is 0 Å². The zero-order chi connectivity index (χ0) is 19.5. The molecule has 0 atom stereocenters. The zero-order valence-corrected chi connectivity index (χ0v) is 17.1. The number of carbonyl (C=O) groups is 1. The van der Waals surface area contributed by atoms with Gasteiger partial charge in [-0.1, -0.05) is 62.8 Å². The van der Waals surface area contributed by atoms with Crippen molar-refractivity contribution in [3.63, 3.8) is 0 Å². The van der Waals surface area contributed by atoms with Crippen molar-refractivity contribution in [3.05, 3.63) is 64.2 Å². The molecule has 0 aliphatic heterocycles.